The molecule has 0 aromatic rings. The van der Waals surface area contributed by atoms with Gasteiger partial charge in [0.2, 0.25) is 0 Å². The van der Waals surface area contributed by atoms with Gasteiger partial charge in [0.05, 0.1) is 12.0 Å². The van der Waals surface area contributed by atoms with Crippen molar-refractivity contribution < 1.29 is 19.4 Å². The maximum atomic E-state index is 11.6. The molecule has 0 unspecified atom stereocenters. The third-order valence-electron chi connectivity index (χ3n) is 3.68. The number of carbonyl (C=O) groups is 2. The first-order valence-corrected chi connectivity index (χ1v) is 6.42. The van der Waals surface area contributed by atoms with Gasteiger partial charge in [0.1, 0.15) is 12.4 Å². The maximum absolute atomic E-state index is 11.6. The quantitative estimate of drug-likeness (QED) is 0.338. The van der Waals surface area contributed by atoms with Crippen molar-refractivity contribution >= 4 is 12.3 Å². The fraction of sp³-hybridized carbons (Fsp3) is 0.467. The number of ether oxygens (including phenoxy) is 1. The van der Waals surface area contributed by atoms with Crippen LogP contribution in [0.2, 0.25) is 0 Å². The van der Waals surface area contributed by atoms with Crippen molar-refractivity contribution in [2.45, 2.75) is 38.4 Å². The third kappa shape index (κ3) is 2.84. The molecule has 0 bridgehead atoms. The predicted octanol–water partition coefficient (Wildman–Crippen LogP) is 1.70. The van der Waals surface area contributed by atoms with Gasteiger partial charge in [-0.15, -0.1) is 0 Å². The zero-order valence-corrected chi connectivity index (χ0v) is 11.0. The molecule has 19 heavy (non-hydrogen) atoms. The number of aliphatic hydroxyl groups excluding tert-OH is 1. The maximum Gasteiger partial charge on any atom is 0.334 e. The molecule has 2 rings (SSSR count). The van der Waals surface area contributed by atoms with E-state index in [1.807, 2.05) is 13.0 Å². The summed E-state index contributed by atoms with van der Waals surface area (Å²) in [5.74, 6) is -0.950. The molecule has 0 saturated carbocycles. The molecule has 1 aliphatic heterocycles. The normalized spacial score (nSPS) is 37.5. The average molecular weight is 262 g/mol. The smallest absolute Gasteiger partial charge is 0.334 e. The fourth-order valence-corrected chi connectivity index (χ4v) is 2.62. The molecule has 3 atom stereocenters. The lowest BCUT2D eigenvalue weighted by molar-refractivity contribution is -0.139. The van der Waals surface area contributed by atoms with Crippen LogP contribution in [0.4, 0.5) is 0 Å². The summed E-state index contributed by atoms with van der Waals surface area (Å²) in [7, 11) is 0. The molecule has 2 aliphatic rings. The number of carbonyl (C=O) groups excluding carboxylic acids is 2. The van der Waals surface area contributed by atoms with Gasteiger partial charge in [0.15, 0.2) is 0 Å². The lowest BCUT2D eigenvalue weighted by Crippen LogP contribution is -2.29. The minimum Gasteiger partial charge on any atom is -0.458 e. The second-order valence-electron chi connectivity index (χ2n) is 5.14. The number of hydrogen-bond donors (Lipinski definition) is 1. The number of rotatable bonds is 1. The summed E-state index contributed by atoms with van der Waals surface area (Å²) < 4.78 is 5.22. The van der Waals surface area contributed by atoms with Gasteiger partial charge >= 0.3 is 5.97 Å². The van der Waals surface area contributed by atoms with Crippen LogP contribution in [0.1, 0.15) is 26.2 Å². The van der Waals surface area contributed by atoms with Crippen molar-refractivity contribution in [1.29, 1.82) is 0 Å². The second kappa shape index (κ2) is 5.53. The highest BCUT2D eigenvalue weighted by molar-refractivity contribution is 5.91. The highest BCUT2D eigenvalue weighted by Crippen LogP contribution is 2.34. The van der Waals surface area contributed by atoms with Crippen molar-refractivity contribution in [3.05, 3.63) is 35.5 Å². The Hall–Kier alpha value is -1.68. The average Bonchev–Trinajstić information content (AvgIpc) is 2.63. The molecule has 0 aromatic carbocycles. The second-order valence-corrected chi connectivity index (χ2v) is 5.14. The number of aldehydes is 1. The molecule has 4 heteroatoms. The summed E-state index contributed by atoms with van der Waals surface area (Å²) in [6, 6.07) is 0. The van der Waals surface area contributed by atoms with E-state index in [0.717, 1.165) is 24.7 Å². The summed E-state index contributed by atoms with van der Waals surface area (Å²) in [6.07, 6.45) is 4.98. The van der Waals surface area contributed by atoms with Crippen LogP contribution in [0.15, 0.2) is 35.5 Å². The van der Waals surface area contributed by atoms with E-state index >= 15 is 0 Å². The monoisotopic (exact) mass is 262 g/mol. The number of esters is 1. The van der Waals surface area contributed by atoms with Crippen LogP contribution in [-0.2, 0) is 14.3 Å². The minimum atomic E-state index is -0.796. The largest absolute Gasteiger partial charge is 0.458 e. The molecule has 1 fully saturated rings. The van der Waals surface area contributed by atoms with E-state index in [4.69, 9.17) is 4.74 Å². The first-order chi connectivity index (χ1) is 9.02. The molecule has 0 radical (unpaired) electrons. The van der Waals surface area contributed by atoms with E-state index in [-0.39, 0.29) is 5.57 Å². The minimum absolute atomic E-state index is 0.285. The van der Waals surface area contributed by atoms with E-state index in [1.54, 1.807) is 6.08 Å². The number of aliphatic hydroxyl groups is 1. The van der Waals surface area contributed by atoms with Gasteiger partial charge in [-0.2, -0.15) is 0 Å². The van der Waals surface area contributed by atoms with Gasteiger partial charge in [-0.3, -0.25) is 4.79 Å². The van der Waals surface area contributed by atoms with E-state index in [0.29, 0.717) is 12.0 Å². The summed E-state index contributed by atoms with van der Waals surface area (Å²) in [6.45, 7) is 5.63. The Morgan fingerprint density at radius 2 is 2.26 bits per heavy atom. The van der Waals surface area contributed by atoms with Crippen molar-refractivity contribution in [2.24, 2.45) is 5.92 Å². The summed E-state index contributed by atoms with van der Waals surface area (Å²) >= 11 is 0. The molecule has 1 aliphatic carbocycles. The first-order valence-electron chi connectivity index (χ1n) is 6.42. The standard InChI is InChI=1S/C15H18O4/c1-9-4-3-5-11(8-16)7-13-14(12(17)6-9)10(2)15(18)19-13/h5-6,8,12-14,17H,2-4,7H2,1H3/b9-6+,11-5+/t12-,13-,14+/m1/s1. The summed E-state index contributed by atoms with van der Waals surface area (Å²) in [5.41, 5.74) is 1.92. The van der Waals surface area contributed by atoms with Gasteiger partial charge in [-0.1, -0.05) is 24.3 Å². The summed E-state index contributed by atoms with van der Waals surface area (Å²) in [4.78, 5) is 22.6. The van der Waals surface area contributed by atoms with Crippen molar-refractivity contribution in [3.8, 4) is 0 Å². The Bertz CT molecular complexity index is 473. The number of fused-ring (bicyclic) bond motifs is 1. The molecule has 0 spiro atoms. The lowest BCUT2D eigenvalue weighted by Gasteiger charge is -2.22. The Kier molecular flexibility index (Phi) is 4.00. The van der Waals surface area contributed by atoms with Gasteiger partial charge in [0.25, 0.3) is 0 Å². The summed E-state index contributed by atoms with van der Waals surface area (Å²) in [5, 5.41) is 10.2. The highest BCUT2D eigenvalue weighted by Gasteiger charge is 2.42. The molecule has 1 saturated heterocycles. The van der Waals surface area contributed by atoms with E-state index < -0.39 is 24.1 Å². The van der Waals surface area contributed by atoms with Gasteiger partial charge in [0, 0.05) is 12.0 Å². The predicted molar refractivity (Wildman–Crippen MR) is 70.3 cm³/mol. The van der Waals surface area contributed by atoms with Crippen molar-refractivity contribution in [3.63, 3.8) is 0 Å². The molecular formula is C15H18O4. The van der Waals surface area contributed by atoms with Crippen molar-refractivity contribution in [1.82, 2.24) is 0 Å². The molecule has 0 amide bonds. The van der Waals surface area contributed by atoms with Crippen LogP contribution in [0, 0.1) is 5.92 Å². The fourth-order valence-electron chi connectivity index (χ4n) is 2.62. The topological polar surface area (TPSA) is 63.6 Å². The SMILES string of the molecule is C=C1C(=O)O[C@@H]2C/C(C=O)=C\CC/C(C)=C/[C@@H](O)[C@H]12. The van der Waals surface area contributed by atoms with E-state index in [9.17, 15) is 14.7 Å². The van der Waals surface area contributed by atoms with Crippen LogP contribution in [0.5, 0.6) is 0 Å². The first kappa shape index (κ1) is 13.7. The van der Waals surface area contributed by atoms with Gasteiger partial charge in [-0.05, 0) is 25.3 Å². The Morgan fingerprint density at radius 1 is 1.53 bits per heavy atom. The molecule has 1 N–H and O–H groups in total. The Morgan fingerprint density at radius 3 is 2.95 bits per heavy atom. The highest BCUT2D eigenvalue weighted by atomic mass is 16.6. The van der Waals surface area contributed by atoms with Crippen LogP contribution in [-0.4, -0.2) is 29.6 Å². The molecule has 102 valence electrons. The van der Waals surface area contributed by atoms with Crippen molar-refractivity contribution in [2.75, 3.05) is 0 Å². The van der Waals surface area contributed by atoms with E-state index in [2.05, 4.69) is 6.58 Å². The van der Waals surface area contributed by atoms with Gasteiger partial charge in [-0.25, -0.2) is 4.79 Å². The van der Waals surface area contributed by atoms with E-state index in [1.165, 1.54) is 0 Å². The van der Waals surface area contributed by atoms with Gasteiger partial charge < -0.3 is 9.84 Å². The molecule has 0 aromatic heterocycles. The molecular weight excluding hydrogens is 244 g/mol. The third-order valence-corrected chi connectivity index (χ3v) is 3.68. The Balaban J connectivity index is 2.35. The number of allylic oxidation sites excluding steroid dienone is 2. The molecule has 4 nitrogen and oxygen atoms in total. The van der Waals surface area contributed by atoms with Crippen LogP contribution in [0.3, 0.4) is 0 Å². The van der Waals surface area contributed by atoms with Crippen LogP contribution in [0.25, 0.3) is 0 Å². The zero-order chi connectivity index (χ0) is 14.0. The van der Waals surface area contributed by atoms with Crippen LogP contribution >= 0.6 is 0 Å². The Labute approximate surface area is 112 Å². The zero-order valence-electron chi connectivity index (χ0n) is 11.0. The number of hydrogen-bond acceptors (Lipinski definition) is 4. The lowest BCUT2D eigenvalue weighted by atomic mass is 9.86. The molecule has 1 heterocycles. The van der Waals surface area contributed by atoms with Crippen LogP contribution < -0.4 is 0 Å².